The van der Waals surface area contributed by atoms with E-state index in [-0.39, 0.29) is 5.82 Å². The van der Waals surface area contributed by atoms with Crippen LogP contribution in [0.4, 0.5) is 4.39 Å². The molecule has 0 saturated carbocycles. The maximum atomic E-state index is 13.9. The van der Waals surface area contributed by atoms with Crippen LogP contribution in [0.1, 0.15) is 27.7 Å². The topological polar surface area (TPSA) is 23.4 Å². The highest BCUT2D eigenvalue weighted by Gasteiger charge is 2.52. The lowest BCUT2D eigenvalue weighted by Gasteiger charge is -2.32. The van der Waals surface area contributed by atoms with Gasteiger partial charge in [-0.1, -0.05) is 6.07 Å². The SMILES string of the molecule is Cn1c(B2OC(C)(C)C(C)(C)O2)cc2c(F)cccc21. The van der Waals surface area contributed by atoms with Crippen molar-refractivity contribution in [3.63, 3.8) is 0 Å². The predicted octanol–water partition coefficient (Wildman–Crippen LogP) is 2.62. The standard InChI is InChI=1S/C15H19BFNO2/c1-14(2)15(3,4)20-16(19-14)13-9-10-11(17)7-6-8-12(10)18(13)5/h6-9H,1-5H3. The second-order valence-corrected chi connectivity index (χ2v) is 6.39. The van der Waals surface area contributed by atoms with E-state index in [2.05, 4.69) is 0 Å². The molecule has 2 heterocycles. The molecule has 0 radical (unpaired) electrons. The van der Waals surface area contributed by atoms with Crippen LogP contribution in [0.5, 0.6) is 0 Å². The molecule has 106 valence electrons. The fourth-order valence-electron chi connectivity index (χ4n) is 2.53. The van der Waals surface area contributed by atoms with Gasteiger partial charge in [-0.15, -0.1) is 0 Å². The Labute approximate surface area is 118 Å². The normalized spacial score (nSPS) is 20.8. The van der Waals surface area contributed by atoms with Crippen LogP contribution in [0, 0.1) is 5.82 Å². The van der Waals surface area contributed by atoms with Crippen LogP contribution in [0.15, 0.2) is 24.3 Å². The first-order chi connectivity index (χ1) is 9.23. The van der Waals surface area contributed by atoms with Crippen molar-refractivity contribution >= 4 is 23.6 Å². The number of nitrogens with zero attached hydrogens (tertiary/aromatic N) is 1. The fourth-order valence-corrected chi connectivity index (χ4v) is 2.53. The van der Waals surface area contributed by atoms with Gasteiger partial charge in [0.1, 0.15) is 5.82 Å². The molecule has 3 rings (SSSR count). The highest BCUT2D eigenvalue weighted by molar-refractivity contribution is 6.61. The van der Waals surface area contributed by atoms with Crippen molar-refractivity contribution < 1.29 is 13.7 Å². The molecule has 1 aromatic heterocycles. The number of aromatic nitrogens is 1. The summed E-state index contributed by atoms with van der Waals surface area (Å²) >= 11 is 0. The van der Waals surface area contributed by atoms with Gasteiger partial charge < -0.3 is 13.9 Å². The molecule has 1 fully saturated rings. The lowest BCUT2D eigenvalue weighted by molar-refractivity contribution is 0.00578. The molecule has 1 aromatic carbocycles. The third-order valence-electron chi connectivity index (χ3n) is 4.57. The van der Waals surface area contributed by atoms with Crippen molar-refractivity contribution in [2.24, 2.45) is 7.05 Å². The van der Waals surface area contributed by atoms with Crippen LogP contribution < -0.4 is 5.59 Å². The third-order valence-corrected chi connectivity index (χ3v) is 4.57. The van der Waals surface area contributed by atoms with Crippen molar-refractivity contribution in [3.8, 4) is 0 Å². The van der Waals surface area contributed by atoms with Crippen molar-refractivity contribution in [2.75, 3.05) is 0 Å². The zero-order valence-corrected chi connectivity index (χ0v) is 12.5. The van der Waals surface area contributed by atoms with E-state index in [9.17, 15) is 4.39 Å². The molecule has 5 heteroatoms. The molecule has 1 aliphatic heterocycles. The van der Waals surface area contributed by atoms with E-state index >= 15 is 0 Å². The Bertz CT molecular complexity index is 662. The number of halogens is 1. The molecule has 0 amide bonds. The molecule has 0 unspecified atom stereocenters. The number of hydrogen-bond acceptors (Lipinski definition) is 2. The summed E-state index contributed by atoms with van der Waals surface area (Å²) in [6, 6.07) is 6.89. The zero-order chi connectivity index (χ0) is 14.7. The van der Waals surface area contributed by atoms with Gasteiger partial charge in [0, 0.05) is 18.0 Å². The van der Waals surface area contributed by atoms with E-state index in [1.165, 1.54) is 6.07 Å². The minimum atomic E-state index is -0.475. The predicted molar refractivity (Wildman–Crippen MR) is 78.6 cm³/mol. The first kappa shape index (κ1) is 13.6. The molecule has 0 aliphatic carbocycles. The molecule has 0 spiro atoms. The lowest BCUT2D eigenvalue weighted by atomic mass is 9.84. The summed E-state index contributed by atoms with van der Waals surface area (Å²) in [4.78, 5) is 0. The average molecular weight is 275 g/mol. The van der Waals surface area contributed by atoms with Crippen LogP contribution in [0.2, 0.25) is 0 Å². The van der Waals surface area contributed by atoms with Gasteiger partial charge in [-0.25, -0.2) is 4.39 Å². The minimum absolute atomic E-state index is 0.221. The molecule has 1 aliphatic rings. The van der Waals surface area contributed by atoms with Gasteiger partial charge >= 0.3 is 7.12 Å². The largest absolute Gasteiger partial charge is 0.512 e. The summed E-state index contributed by atoms with van der Waals surface area (Å²) in [6.07, 6.45) is 0. The highest BCUT2D eigenvalue weighted by atomic mass is 19.1. The summed E-state index contributed by atoms with van der Waals surface area (Å²) in [5.41, 5.74) is 0.887. The van der Waals surface area contributed by atoms with Crippen LogP contribution in [0.3, 0.4) is 0 Å². The number of aryl methyl sites for hydroxylation is 1. The van der Waals surface area contributed by atoms with E-state index in [0.717, 1.165) is 11.1 Å². The summed E-state index contributed by atoms with van der Waals surface area (Å²) in [5, 5.41) is 0.597. The average Bonchev–Trinajstić information content (AvgIpc) is 2.77. The second-order valence-electron chi connectivity index (χ2n) is 6.39. The third kappa shape index (κ3) is 1.80. The Morgan fingerprint density at radius 1 is 1.10 bits per heavy atom. The minimum Gasteiger partial charge on any atom is -0.398 e. The summed E-state index contributed by atoms with van der Waals surface area (Å²) in [7, 11) is 1.43. The maximum absolute atomic E-state index is 13.9. The highest BCUT2D eigenvalue weighted by Crippen LogP contribution is 2.36. The van der Waals surface area contributed by atoms with E-state index in [0.29, 0.717) is 5.39 Å². The smallest absolute Gasteiger partial charge is 0.398 e. The molecule has 0 bridgehead atoms. The van der Waals surface area contributed by atoms with E-state index in [1.54, 1.807) is 6.07 Å². The number of rotatable bonds is 1. The Morgan fingerprint density at radius 3 is 2.25 bits per heavy atom. The van der Waals surface area contributed by atoms with Gasteiger partial charge in [-0.05, 0) is 45.9 Å². The van der Waals surface area contributed by atoms with Gasteiger partial charge in [-0.3, -0.25) is 0 Å². The first-order valence-electron chi connectivity index (χ1n) is 6.82. The van der Waals surface area contributed by atoms with Crippen LogP contribution in [-0.4, -0.2) is 22.9 Å². The van der Waals surface area contributed by atoms with Gasteiger partial charge in [-0.2, -0.15) is 0 Å². The van der Waals surface area contributed by atoms with Gasteiger partial charge in [0.15, 0.2) is 0 Å². The van der Waals surface area contributed by atoms with Crippen molar-refractivity contribution in [1.82, 2.24) is 4.57 Å². The summed E-state index contributed by atoms with van der Waals surface area (Å²) in [6.45, 7) is 8.04. The quantitative estimate of drug-likeness (QED) is 0.747. The van der Waals surface area contributed by atoms with Gasteiger partial charge in [0.05, 0.1) is 16.7 Å². The molecule has 2 aromatic rings. The van der Waals surface area contributed by atoms with Gasteiger partial charge in [0.2, 0.25) is 0 Å². The van der Waals surface area contributed by atoms with Crippen LogP contribution in [0.25, 0.3) is 10.9 Å². The molecule has 0 atom stereocenters. The van der Waals surface area contributed by atoms with E-state index in [4.69, 9.17) is 9.31 Å². The van der Waals surface area contributed by atoms with Crippen molar-refractivity contribution in [1.29, 1.82) is 0 Å². The molecule has 1 saturated heterocycles. The zero-order valence-electron chi connectivity index (χ0n) is 12.5. The Kier molecular flexibility index (Phi) is 2.79. The van der Waals surface area contributed by atoms with Gasteiger partial charge in [0.25, 0.3) is 0 Å². The fraction of sp³-hybridized carbons (Fsp3) is 0.467. The molecular weight excluding hydrogens is 256 g/mol. The van der Waals surface area contributed by atoms with E-state index in [1.807, 2.05) is 51.4 Å². The van der Waals surface area contributed by atoms with Crippen LogP contribution >= 0.6 is 0 Å². The van der Waals surface area contributed by atoms with Crippen LogP contribution in [-0.2, 0) is 16.4 Å². The number of hydrogen-bond donors (Lipinski definition) is 0. The summed E-state index contributed by atoms with van der Waals surface area (Å²) < 4.78 is 27.9. The van der Waals surface area contributed by atoms with E-state index < -0.39 is 18.3 Å². The monoisotopic (exact) mass is 275 g/mol. The molecule has 3 nitrogen and oxygen atoms in total. The maximum Gasteiger partial charge on any atom is 0.512 e. The number of fused-ring (bicyclic) bond motifs is 1. The number of benzene rings is 1. The molecule has 0 N–H and O–H groups in total. The van der Waals surface area contributed by atoms with Crippen molar-refractivity contribution in [2.45, 2.75) is 38.9 Å². The Hall–Kier alpha value is -1.33. The second kappa shape index (κ2) is 4.09. The molecular formula is C15H19BFNO2. The van der Waals surface area contributed by atoms with Crippen molar-refractivity contribution in [3.05, 3.63) is 30.1 Å². The summed E-state index contributed by atoms with van der Waals surface area (Å²) in [5.74, 6) is -0.221. The lowest BCUT2D eigenvalue weighted by Crippen LogP contribution is -2.41. The first-order valence-corrected chi connectivity index (χ1v) is 6.82. The Morgan fingerprint density at radius 2 is 1.70 bits per heavy atom. The molecule has 20 heavy (non-hydrogen) atoms. The Balaban J connectivity index is 2.09.